The van der Waals surface area contributed by atoms with E-state index in [0.29, 0.717) is 11.4 Å². The Hall–Kier alpha value is -2.64. The molecule has 0 bridgehead atoms. The molecule has 0 saturated carbocycles. The fourth-order valence-corrected chi connectivity index (χ4v) is 4.35. The molecule has 0 unspecified atom stereocenters. The Labute approximate surface area is 166 Å². The Morgan fingerprint density at radius 2 is 1.59 bits per heavy atom. The number of para-hydroxylation sites is 1. The van der Waals surface area contributed by atoms with Crippen LogP contribution < -0.4 is 9.62 Å². The summed E-state index contributed by atoms with van der Waals surface area (Å²) < 4.78 is 28.2. The number of sulfonamides is 1. The molecular weight excluding hydrogens is 428 g/mol. The van der Waals surface area contributed by atoms with Crippen LogP contribution in [0.15, 0.2) is 88.2 Å². The lowest BCUT2D eigenvalue weighted by Crippen LogP contribution is -2.28. The molecule has 0 aliphatic rings. The molecule has 5 nitrogen and oxygen atoms in total. The number of halogens is 1. The van der Waals surface area contributed by atoms with E-state index in [-0.39, 0.29) is 10.5 Å². The summed E-state index contributed by atoms with van der Waals surface area (Å²) in [5.41, 5.74) is 1.16. The maximum absolute atomic E-state index is 13.1. The van der Waals surface area contributed by atoms with Crippen molar-refractivity contribution in [3.63, 3.8) is 0 Å². The van der Waals surface area contributed by atoms with E-state index >= 15 is 0 Å². The van der Waals surface area contributed by atoms with E-state index in [9.17, 15) is 13.2 Å². The standard InChI is InChI=1S/C20H17BrN2O3S/c1-23(17-10-3-2-4-11-17)27(25,26)19-13-6-5-12-18(19)20(24)22-16-9-7-8-15(21)14-16/h2-14H,1H3,(H,22,24). The Bertz CT molecular complexity index is 1070. The normalized spacial score (nSPS) is 11.0. The highest BCUT2D eigenvalue weighted by molar-refractivity contribution is 9.10. The number of hydrogen-bond acceptors (Lipinski definition) is 3. The summed E-state index contributed by atoms with van der Waals surface area (Å²) >= 11 is 3.35. The van der Waals surface area contributed by atoms with Gasteiger partial charge in [-0.15, -0.1) is 0 Å². The van der Waals surface area contributed by atoms with E-state index in [1.807, 2.05) is 12.1 Å². The molecule has 3 rings (SSSR count). The van der Waals surface area contributed by atoms with Gasteiger partial charge in [0.15, 0.2) is 0 Å². The van der Waals surface area contributed by atoms with Crippen molar-refractivity contribution >= 4 is 43.2 Å². The summed E-state index contributed by atoms with van der Waals surface area (Å²) in [6.07, 6.45) is 0. The number of amides is 1. The van der Waals surface area contributed by atoms with Gasteiger partial charge in [-0.1, -0.05) is 52.3 Å². The zero-order chi connectivity index (χ0) is 19.4. The molecule has 1 amide bonds. The van der Waals surface area contributed by atoms with E-state index in [0.717, 1.165) is 8.78 Å². The second-order valence-corrected chi connectivity index (χ2v) is 8.62. The SMILES string of the molecule is CN(c1ccccc1)S(=O)(=O)c1ccccc1C(=O)Nc1cccc(Br)c1. The first-order chi connectivity index (χ1) is 12.9. The van der Waals surface area contributed by atoms with Crippen LogP contribution >= 0.6 is 15.9 Å². The molecule has 3 aromatic rings. The zero-order valence-electron chi connectivity index (χ0n) is 14.5. The van der Waals surface area contributed by atoms with Gasteiger partial charge in [-0.3, -0.25) is 9.10 Å². The number of carbonyl (C=O) groups excluding carboxylic acids is 1. The van der Waals surface area contributed by atoms with Crippen LogP contribution in [-0.4, -0.2) is 21.4 Å². The average molecular weight is 445 g/mol. The Kier molecular flexibility index (Phi) is 5.62. The number of nitrogens with zero attached hydrogens (tertiary/aromatic N) is 1. The first-order valence-corrected chi connectivity index (χ1v) is 10.3. The van der Waals surface area contributed by atoms with Gasteiger partial charge in [0.05, 0.1) is 11.3 Å². The van der Waals surface area contributed by atoms with Crippen LogP contribution in [0.2, 0.25) is 0 Å². The molecule has 0 radical (unpaired) electrons. The quantitative estimate of drug-likeness (QED) is 0.628. The van der Waals surface area contributed by atoms with Crippen LogP contribution in [0.25, 0.3) is 0 Å². The molecule has 0 aliphatic carbocycles. The van der Waals surface area contributed by atoms with Crippen LogP contribution in [0.5, 0.6) is 0 Å². The lowest BCUT2D eigenvalue weighted by Gasteiger charge is -2.21. The predicted octanol–water partition coefficient (Wildman–Crippen LogP) is 4.53. The minimum Gasteiger partial charge on any atom is -0.322 e. The monoisotopic (exact) mass is 444 g/mol. The van der Waals surface area contributed by atoms with Crippen LogP contribution in [0.4, 0.5) is 11.4 Å². The van der Waals surface area contributed by atoms with Crippen LogP contribution in [0, 0.1) is 0 Å². The largest absolute Gasteiger partial charge is 0.322 e. The number of carbonyl (C=O) groups is 1. The summed E-state index contributed by atoms with van der Waals surface area (Å²) in [6.45, 7) is 0. The highest BCUT2D eigenvalue weighted by Gasteiger charge is 2.26. The van der Waals surface area contributed by atoms with Gasteiger partial charge in [-0.2, -0.15) is 0 Å². The third-order valence-electron chi connectivity index (χ3n) is 3.97. The summed E-state index contributed by atoms with van der Waals surface area (Å²) in [5.74, 6) is -0.492. The topological polar surface area (TPSA) is 66.5 Å². The summed E-state index contributed by atoms with van der Waals surface area (Å²) in [7, 11) is -2.44. The predicted molar refractivity (Wildman–Crippen MR) is 111 cm³/mol. The molecule has 0 aliphatic heterocycles. The van der Waals surface area contributed by atoms with E-state index in [2.05, 4.69) is 21.2 Å². The molecular formula is C20H17BrN2O3S. The van der Waals surface area contributed by atoms with E-state index < -0.39 is 15.9 Å². The molecule has 7 heteroatoms. The average Bonchev–Trinajstić information content (AvgIpc) is 2.68. The Morgan fingerprint density at radius 3 is 2.30 bits per heavy atom. The first kappa shape index (κ1) is 19.1. The fraction of sp³-hybridized carbons (Fsp3) is 0.0500. The van der Waals surface area contributed by atoms with Gasteiger partial charge < -0.3 is 5.32 Å². The number of rotatable bonds is 5. The van der Waals surface area contributed by atoms with Crippen molar-refractivity contribution in [2.75, 3.05) is 16.7 Å². The third kappa shape index (κ3) is 4.20. The maximum atomic E-state index is 13.1. The lowest BCUT2D eigenvalue weighted by molar-refractivity contribution is 0.102. The number of nitrogens with one attached hydrogen (secondary N) is 1. The van der Waals surface area contributed by atoms with Gasteiger partial charge in [0, 0.05) is 17.2 Å². The van der Waals surface area contributed by atoms with Gasteiger partial charge in [0.1, 0.15) is 4.90 Å². The molecule has 3 aromatic carbocycles. The van der Waals surface area contributed by atoms with Crippen molar-refractivity contribution < 1.29 is 13.2 Å². The van der Waals surface area contributed by atoms with Crippen molar-refractivity contribution in [1.29, 1.82) is 0 Å². The number of anilines is 2. The molecule has 138 valence electrons. The zero-order valence-corrected chi connectivity index (χ0v) is 16.9. The van der Waals surface area contributed by atoms with Crippen molar-refractivity contribution in [1.82, 2.24) is 0 Å². The van der Waals surface area contributed by atoms with Crippen molar-refractivity contribution in [3.8, 4) is 0 Å². The van der Waals surface area contributed by atoms with Crippen molar-refractivity contribution in [2.24, 2.45) is 0 Å². The number of benzene rings is 3. The first-order valence-electron chi connectivity index (χ1n) is 8.09. The molecule has 1 N–H and O–H groups in total. The van der Waals surface area contributed by atoms with E-state index in [4.69, 9.17) is 0 Å². The van der Waals surface area contributed by atoms with Gasteiger partial charge in [-0.25, -0.2) is 8.42 Å². The maximum Gasteiger partial charge on any atom is 0.264 e. The smallest absolute Gasteiger partial charge is 0.264 e. The van der Waals surface area contributed by atoms with Crippen molar-refractivity contribution in [2.45, 2.75) is 4.90 Å². The Balaban J connectivity index is 1.97. The summed E-state index contributed by atoms with van der Waals surface area (Å²) in [5, 5.41) is 2.74. The minimum absolute atomic E-state index is 0.0520. The fourth-order valence-electron chi connectivity index (χ4n) is 2.57. The number of hydrogen-bond donors (Lipinski definition) is 1. The lowest BCUT2D eigenvalue weighted by atomic mass is 10.2. The van der Waals surface area contributed by atoms with Gasteiger partial charge >= 0.3 is 0 Å². The second kappa shape index (κ2) is 7.94. The summed E-state index contributed by atoms with van der Waals surface area (Å²) in [4.78, 5) is 12.7. The molecule has 0 heterocycles. The molecule has 0 atom stereocenters. The van der Waals surface area contributed by atoms with Gasteiger partial charge in [-0.05, 0) is 42.5 Å². The highest BCUT2D eigenvalue weighted by atomic mass is 79.9. The minimum atomic E-state index is -3.90. The molecule has 27 heavy (non-hydrogen) atoms. The van der Waals surface area contributed by atoms with Crippen LogP contribution in [0.1, 0.15) is 10.4 Å². The molecule has 0 aromatic heterocycles. The third-order valence-corrected chi connectivity index (χ3v) is 6.31. The Morgan fingerprint density at radius 1 is 0.926 bits per heavy atom. The van der Waals surface area contributed by atoms with Gasteiger partial charge in [0.2, 0.25) is 0 Å². The van der Waals surface area contributed by atoms with E-state index in [1.54, 1.807) is 54.6 Å². The van der Waals surface area contributed by atoms with Crippen LogP contribution in [-0.2, 0) is 10.0 Å². The molecule has 0 fully saturated rings. The van der Waals surface area contributed by atoms with Gasteiger partial charge in [0.25, 0.3) is 15.9 Å². The van der Waals surface area contributed by atoms with Crippen LogP contribution in [0.3, 0.4) is 0 Å². The molecule has 0 spiro atoms. The van der Waals surface area contributed by atoms with E-state index in [1.165, 1.54) is 19.2 Å². The molecule has 0 saturated heterocycles. The van der Waals surface area contributed by atoms with Crippen molar-refractivity contribution in [3.05, 3.63) is 88.9 Å². The summed E-state index contributed by atoms with van der Waals surface area (Å²) in [6, 6.07) is 22.0. The second-order valence-electron chi connectivity index (χ2n) is 5.77. The highest BCUT2D eigenvalue weighted by Crippen LogP contribution is 2.25.